The average molecular weight is 211 g/mol. The average Bonchev–Trinajstić information content (AvgIpc) is 2.24. The Morgan fingerprint density at radius 2 is 2.20 bits per heavy atom. The molecule has 4 unspecified atom stereocenters. The van der Waals surface area contributed by atoms with Crippen molar-refractivity contribution in [2.24, 2.45) is 0 Å². The van der Waals surface area contributed by atoms with E-state index in [1.54, 1.807) is 6.08 Å². The maximum Gasteiger partial charge on any atom is 0.115 e. The Morgan fingerprint density at radius 1 is 1.33 bits per heavy atom. The summed E-state index contributed by atoms with van der Waals surface area (Å²) in [6.45, 7) is 0.865. The molecule has 2 fully saturated rings. The van der Waals surface area contributed by atoms with Gasteiger partial charge in [0, 0.05) is 13.0 Å². The molecule has 2 aliphatic heterocycles. The molecule has 1 aliphatic carbocycles. The summed E-state index contributed by atoms with van der Waals surface area (Å²) in [6.07, 6.45) is 6.35. The topological polar surface area (TPSA) is 52.9 Å². The van der Waals surface area contributed by atoms with Crippen molar-refractivity contribution in [2.75, 3.05) is 6.54 Å². The van der Waals surface area contributed by atoms with Crippen LogP contribution in [-0.4, -0.2) is 45.7 Å². The number of piperidine rings is 1. The van der Waals surface area contributed by atoms with Crippen LogP contribution in [0.1, 0.15) is 25.7 Å². The molecule has 2 N–H and O–H groups in total. The van der Waals surface area contributed by atoms with E-state index in [-0.39, 0.29) is 12.1 Å². The summed E-state index contributed by atoms with van der Waals surface area (Å²) in [5.74, 6) is 0. The molecule has 0 aromatic carbocycles. The maximum atomic E-state index is 10.5. The molecule has 2 heterocycles. The summed E-state index contributed by atoms with van der Waals surface area (Å²) in [5.41, 5.74) is -1.00. The van der Waals surface area contributed by atoms with Crippen LogP contribution in [0, 0.1) is 0 Å². The van der Waals surface area contributed by atoms with Crippen molar-refractivity contribution in [1.29, 1.82) is 0 Å². The molecular formula is C11H17NO3. The van der Waals surface area contributed by atoms with Crippen molar-refractivity contribution in [3.05, 3.63) is 12.2 Å². The molecule has 0 aromatic heterocycles. The van der Waals surface area contributed by atoms with Crippen LogP contribution in [0.15, 0.2) is 12.2 Å². The van der Waals surface area contributed by atoms with Gasteiger partial charge in [-0.1, -0.05) is 18.6 Å². The van der Waals surface area contributed by atoms with Gasteiger partial charge in [-0.2, -0.15) is 5.06 Å². The van der Waals surface area contributed by atoms with Gasteiger partial charge in [0.2, 0.25) is 0 Å². The van der Waals surface area contributed by atoms with Gasteiger partial charge in [0.15, 0.2) is 0 Å². The van der Waals surface area contributed by atoms with E-state index in [1.165, 1.54) is 0 Å². The Kier molecular flexibility index (Phi) is 2.14. The number of hydroxylamine groups is 2. The second-order valence-corrected chi connectivity index (χ2v) is 4.82. The minimum atomic E-state index is -1.00. The van der Waals surface area contributed by atoms with E-state index in [1.807, 2.05) is 11.1 Å². The van der Waals surface area contributed by atoms with Crippen molar-refractivity contribution in [2.45, 2.75) is 49.5 Å². The minimum absolute atomic E-state index is 0.0394. The van der Waals surface area contributed by atoms with Crippen molar-refractivity contribution < 1.29 is 15.1 Å². The molecule has 2 bridgehead atoms. The lowest BCUT2D eigenvalue weighted by Crippen LogP contribution is -2.66. The Bertz CT molecular complexity index is 294. The Balaban J connectivity index is 1.94. The lowest BCUT2D eigenvalue weighted by molar-refractivity contribution is -0.314. The van der Waals surface area contributed by atoms with Gasteiger partial charge >= 0.3 is 0 Å². The molecule has 4 atom stereocenters. The molecular weight excluding hydrogens is 194 g/mol. The lowest BCUT2D eigenvalue weighted by atomic mass is 9.75. The molecule has 3 rings (SSSR count). The number of hydrogen-bond acceptors (Lipinski definition) is 4. The first-order valence-electron chi connectivity index (χ1n) is 5.72. The summed E-state index contributed by atoms with van der Waals surface area (Å²) >= 11 is 0. The van der Waals surface area contributed by atoms with E-state index in [0.29, 0.717) is 6.42 Å². The molecule has 84 valence electrons. The second kappa shape index (κ2) is 3.28. The van der Waals surface area contributed by atoms with Crippen molar-refractivity contribution in [3.63, 3.8) is 0 Å². The van der Waals surface area contributed by atoms with Gasteiger partial charge in [0.05, 0.1) is 6.04 Å². The summed E-state index contributed by atoms with van der Waals surface area (Å²) in [4.78, 5) is 5.75. The molecule has 3 aliphatic rings. The van der Waals surface area contributed by atoms with E-state index < -0.39 is 11.7 Å². The van der Waals surface area contributed by atoms with Gasteiger partial charge in [-0.05, 0) is 12.8 Å². The SMILES string of the molecule is OC1C=CC2CC1(O)C1CCCCN1O2. The standard InChI is InChI=1S/C11H17NO3/c13-10-5-4-8-7-11(10,14)9-3-1-2-6-12(9)15-8/h4-5,8-10,13-14H,1-3,6-7H2. The summed E-state index contributed by atoms with van der Waals surface area (Å²) in [5, 5.41) is 22.3. The maximum absolute atomic E-state index is 10.5. The molecule has 0 radical (unpaired) electrons. The number of rotatable bonds is 0. The molecule has 15 heavy (non-hydrogen) atoms. The van der Waals surface area contributed by atoms with Crippen molar-refractivity contribution >= 4 is 0 Å². The highest BCUT2D eigenvalue weighted by Crippen LogP contribution is 2.40. The fraction of sp³-hybridized carbons (Fsp3) is 0.818. The highest BCUT2D eigenvalue weighted by atomic mass is 16.7. The van der Waals surface area contributed by atoms with Crippen LogP contribution in [0.25, 0.3) is 0 Å². The first kappa shape index (κ1) is 9.78. The predicted molar refractivity (Wildman–Crippen MR) is 53.9 cm³/mol. The Morgan fingerprint density at radius 3 is 3.07 bits per heavy atom. The summed E-state index contributed by atoms with van der Waals surface area (Å²) in [7, 11) is 0. The van der Waals surface area contributed by atoms with Crippen molar-refractivity contribution in [3.8, 4) is 0 Å². The Hall–Kier alpha value is -0.420. The highest BCUT2D eigenvalue weighted by molar-refractivity contribution is 5.16. The van der Waals surface area contributed by atoms with Crippen LogP contribution in [0.2, 0.25) is 0 Å². The molecule has 4 heteroatoms. The first-order chi connectivity index (χ1) is 7.20. The van der Waals surface area contributed by atoms with Gasteiger partial charge in [-0.3, -0.25) is 4.84 Å². The Labute approximate surface area is 89.1 Å². The fourth-order valence-electron chi connectivity index (χ4n) is 3.02. The zero-order chi connectivity index (χ0) is 10.5. The molecule has 4 nitrogen and oxygen atoms in total. The van der Waals surface area contributed by atoms with Gasteiger partial charge in [0.25, 0.3) is 0 Å². The van der Waals surface area contributed by atoms with Gasteiger partial charge in [-0.25, -0.2) is 0 Å². The summed E-state index contributed by atoms with van der Waals surface area (Å²) < 4.78 is 0. The van der Waals surface area contributed by atoms with Gasteiger partial charge < -0.3 is 10.2 Å². The van der Waals surface area contributed by atoms with Crippen LogP contribution >= 0.6 is 0 Å². The quantitative estimate of drug-likeness (QED) is 0.562. The normalized spacial score (nSPS) is 50.1. The fourth-order valence-corrected chi connectivity index (χ4v) is 3.02. The van der Waals surface area contributed by atoms with Crippen LogP contribution in [-0.2, 0) is 4.84 Å². The third-order valence-corrected chi connectivity index (χ3v) is 3.85. The lowest BCUT2D eigenvalue weighted by Gasteiger charge is -2.53. The number of hydrogen-bond donors (Lipinski definition) is 2. The minimum Gasteiger partial charge on any atom is -0.386 e. The third-order valence-electron chi connectivity index (χ3n) is 3.85. The molecule has 0 aromatic rings. The van der Waals surface area contributed by atoms with E-state index in [2.05, 4.69) is 0 Å². The zero-order valence-electron chi connectivity index (χ0n) is 8.67. The molecule has 0 amide bonds. The van der Waals surface area contributed by atoms with E-state index in [4.69, 9.17) is 4.84 Å². The molecule has 0 spiro atoms. The molecule has 2 saturated heterocycles. The van der Waals surface area contributed by atoms with Crippen LogP contribution in [0.3, 0.4) is 0 Å². The first-order valence-corrected chi connectivity index (χ1v) is 5.72. The predicted octanol–water partition coefficient (Wildman–Crippen LogP) is 0.207. The smallest absolute Gasteiger partial charge is 0.115 e. The van der Waals surface area contributed by atoms with Crippen LogP contribution in [0.5, 0.6) is 0 Å². The van der Waals surface area contributed by atoms with E-state index in [0.717, 1.165) is 25.8 Å². The third kappa shape index (κ3) is 1.36. The zero-order valence-corrected chi connectivity index (χ0v) is 8.67. The summed E-state index contributed by atoms with van der Waals surface area (Å²) in [6, 6.07) is -0.0394. The second-order valence-electron chi connectivity index (χ2n) is 4.82. The monoisotopic (exact) mass is 211 g/mol. The number of fused-ring (bicyclic) bond motifs is 4. The van der Waals surface area contributed by atoms with Crippen LogP contribution in [0.4, 0.5) is 0 Å². The van der Waals surface area contributed by atoms with Gasteiger partial charge in [0.1, 0.15) is 17.8 Å². The highest BCUT2D eigenvalue weighted by Gasteiger charge is 2.53. The number of nitrogens with zero attached hydrogens (tertiary/aromatic N) is 1. The number of aliphatic hydroxyl groups excluding tert-OH is 1. The van der Waals surface area contributed by atoms with E-state index in [9.17, 15) is 10.2 Å². The number of aliphatic hydroxyl groups is 2. The van der Waals surface area contributed by atoms with Crippen molar-refractivity contribution in [1.82, 2.24) is 5.06 Å². The van der Waals surface area contributed by atoms with E-state index >= 15 is 0 Å². The largest absolute Gasteiger partial charge is 0.386 e. The van der Waals surface area contributed by atoms with Gasteiger partial charge in [-0.15, -0.1) is 0 Å². The molecule has 0 saturated carbocycles. The van der Waals surface area contributed by atoms with Crippen LogP contribution < -0.4 is 0 Å².